The summed E-state index contributed by atoms with van der Waals surface area (Å²) in [6, 6.07) is 8.96. The van der Waals surface area contributed by atoms with E-state index >= 15 is 0 Å². The molecule has 6 heteroatoms. The van der Waals surface area contributed by atoms with Crippen molar-refractivity contribution < 1.29 is 0 Å². The van der Waals surface area contributed by atoms with Crippen LogP contribution in [0.5, 0.6) is 0 Å². The predicted octanol–water partition coefficient (Wildman–Crippen LogP) is 4.37. The second-order valence-corrected chi connectivity index (χ2v) is 8.15. The maximum absolute atomic E-state index is 4.48. The molecule has 1 aromatic carbocycles. The molecular weight excluding hydrogens is 346 g/mol. The van der Waals surface area contributed by atoms with Crippen LogP contribution in [0.1, 0.15) is 70.0 Å². The highest BCUT2D eigenvalue weighted by Crippen LogP contribution is 2.33. The standard InChI is InChI=1S/C20H31N5.ClH/c1-6-20(4,5)25-19(21-22-23-25)18(17-9-7-15(2)8-10-17)24-13-11-16(3)12-14-24;/h7-10,16,18H,6,11-14H2,1-5H3;1H. The van der Waals surface area contributed by atoms with E-state index in [1.807, 2.05) is 4.68 Å². The van der Waals surface area contributed by atoms with Crippen molar-refractivity contribution in [3.05, 3.63) is 41.2 Å². The van der Waals surface area contributed by atoms with E-state index in [9.17, 15) is 0 Å². The molecule has 0 radical (unpaired) electrons. The molecule has 0 spiro atoms. The smallest absolute Gasteiger partial charge is 0.173 e. The first-order valence-electron chi connectivity index (χ1n) is 9.51. The molecule has 2 heterocycles. The van der Waals surface area contributed by atoms with E-state index in [0.717, 1.165) is 31.3 Å². The van der Waals surface area contributed by atoms with Gasteiger partial charge >= 0.3 is 0 Å². The normalized spacial score (nSPS) is 17.7. The third kappa shape index (κ3) is 4.26. The fourth-order valence-electron chi connectivity index (χ4n) is 3.50. The maximum Gasteiger partial charge on any atom is 0.173 e. The van der Waals surface area contributed by atoms with Crippen molar-refractivity contribution in [3.8, 4) is 0 Å². The Morgan fingerprint density at radius 1 is 1.15 bits per heavy atom. The average Bonchev–Trinajstić information content (AvgIpc) is 3.09. The van der Waals surface area contributed by atoms with E-state index in [-0.39, 0.29) is 24.0 Å². The molecule has 1 aliphatic heterocycles. The van der Waals surface area contributed by atoms with E-state index in [1.165, 1.54) is 24.0 Å². The van der Waals surface area contributed by atoms with E-state index < -0.39 is 0 Å². The first-order valence-corrected chi connectivity index (χ1v) is 9.51. The van der Waals surface area contributed by atoms with Crippen LogP contribution < -0.4 is 0 Å². The van der Waals surface area contributed by atoms with Crippen LogP contribution in [0.15, 0.2) is 24.3 Å². The highest BCUT2D eigenvalue weighted by molar-refractivity contribution is 5.85. The predicted molar refractivity (Wildman–Crippen MR) is 108 cm³/mol. The highest BCUT2D eigenvalue weighted by atomic mass is 35.5. The van der Waals surface area contributed by atoms with Crippen molar-refractivity contribution in [1.29, 1.82) is 0 Å². The zero-order chi connectivity index (χ0) is 18.0. The molecule has 1 unspecified atom stereocenters. The lowest BCUT2D eigenvalue weighted by Gasteiger charge is -2.37. The fraction of sp³-hybridized carbons (Fsp3) is 0.650. The Balaban J connectivity index is 0.00000243. The van der Waals surface area contributed by atoms with Crippen LogP contribution in [0.25, 0.3) is 0 Å². The summed E-state index contributed by atoms with van der Waals surface area (Å²) in [4.78, 5) is 2.55. The quantitative estimate of drug-likeness (QED) is 0.776. The Hall–Kier alpha value is -1.46. The summed E-state index contributed by atoms with van der Waals surface area (Å²) in [5.74, 6) is 1.77. The lowest BCUT2D eigenvalue weighted by atomic mass is 9.94. The van der Waals surface area contributed by atoms with Gasteiger partial charge in [0.15, 0.2) is 5.82 Å². The molecule has 2 aromatic rings. The summed E-state index contributed by atoms with van der Waals surface area (Å²) in [6.45, 7) is 13.3. The SMILES string of the molecule is CCC(C)(C)n1nnnc1C(c1ccc(C)cc1)N1CCC(C)CC1.Cl. The number of halogens is 1. The monoisotopic (exact) mass is 377 g/mol. The van der Waals surface area contributed by atoms with Crippen molar-refractivity contribution in [2.24, 2.45) is 5.92 Å². The average molecular weight is 378 g/mol. The second kappa shape index (κ2) is 8.49. The number of benzene rings is 1. The fourth-order valence-corrected chi connectivity index (χ4v) is 3.50. The molecule has 5 nitrogen and oxygen atoms in total. The number of tetrazole rings is 1. The number of nitrogens with zero attached hydrogens (tertiary/aromatic N) is 5. The Labute approximate surface area is 163 Å². The molecule has 1 saturated heterocycles. The minimum atomic E-state index is -0.0924. The van der Waals surface area contributed by atoms with Gasteiger partial charge in [0.1, 0.15) is 0 Å². The van der Waals surface area contributed by atoms with Gasteiger partial charge in [-0.2, -0.15) is 0 Å². The number of piperidine rings is 1. The highest BCUT2D eigenvalue weighted by Gasteiger charge is 2.33. The van der Waals surface area contributed by atoms with Gasteiger partial charge < -0.3 is 0 Å². The van der Waals surface area contributed by atoms with Gasteiger partial charge in [0, 0.05) is 0 Å². The summed E-state index contributed by atoms with van der Waals surface area (Å²) < 4.78 is 2.04. The van der Waals surface area contributed by atoms with Gasteiger partial charge in [-0.25, -0.2) is 4.68 Å². The van der Waals surface area contributed by atoms with E-state index in [4.69, 9.17) is 0 Å². The molecule has 1 aliphatic rings. The lowest BCUT2D eigenvalue weighted by molar-refractivity contribution is 0.143. The molecule has 3 rings (SSSR count). The third-order valence-corrected chi connectivity index (χ3v) is 5.75. The van der Waals surface area contributed by atoms with Crippen molar-refractivity contribution in [3.63, 3.8) is 0 Å². The largest absolute Gasteiger partial charge is 0.290 e. The number of rotatable bonds is 5. The minimum Gasteiger partial charge on any atom is -0.290 e. The molecule has 1 atom stereocenters. The summed E-state index contributed by atoms with van der Waals surface area (Å²) in [6.07, 6.45) is 3.46. The van der Waals surface area contributed by atoms with Crippen molar-refractivity contribution in [2.45, 2.75) is 65.5 Å². The maximum atomic E-state index is 4.48. The Morgan fingerprint density at radius 2 is 1.77 bits per heavy atom. The topological polar surface area (TPSA) is 46.8 Å². The molecule has 0 N–H and O–H groups in total. The Kier molecular flexibility index (Phi) is 6.80. The van der Waals surface area contributed by atoms with Crippen molar-refractivity contribution >= 4 is 12.4 Å². The summed E-state index contributed by atoms with van der Waals surface area (Å²) in [5, 5.41) is 12.9. The number of hydrogen-bond donors (Lipinski definition) is 0. The summed E-state index contributed by atoms with van der Waals surface area (Å²) >= 11 is 0. The van der Waals surface area contributed by atoms with Crippen molar-refractivity contribution in [1.82, 2.24) is 25.1 Å². The van der Waals surface area contributed by atoms with E-state index in [2.05, 4.69) is 79.3 Å². The van der Waals surface area contributed by atoms with Gasteiger partial charge in [0.2, 0.25) is 0 Å². The van der Waals surface area contributed by atoms with Crippen LogP contribution in [0.4, 0.5) is 0 Å². The second-order valence-electron chi connectivity index (χ2n) is 8.15. The minimum absolute atomic E-state index is 0. The summed E-state index contributed by atoms with van der Waals surface area (Å²) in [7, 11) is 0. The number of aromatic nitrogens is 4. The van der Waals surface area contributed by atoms with Crippen LogP contribution in [0.3, 0.4) is 0 Å². The number of aryl methyl sites for hydroxylation is 1. The molecule has 26 heavy (non-hydrogen) atoms. The molecule has 0 saturated carbocycles. The molecule has 0 bridgehead atoms. The van der Waals surface area contributed by atoms with Crippen LogP contribution in [0, 0.1) is 12.8 Å². The molecule has 0 aliphatic carbocycles. The first kappa shape index (κ1) is 20.8. The lowest BCUT2D eigenvalue weighted by Crippen LogP contribution is -2.40. The van der Waals surface area contributed by atoms with Gasteiger partial charge in [-0.3, -0.25) is 4.90 Å². The Bertz CT molecular complexity index is 686. The van der Waals surface area contributed by atoms with E-state index in [1.54, 1.807) is 0 Å². The Morgan fingerprint density at radius 3 is 2.35 bits per heavy atom. The molecule has 0 amide bonds. The van der Waals surface area contributed by atoms with Crippen LogP contribution in [-0.4, -0.2) is 38.2 Å². The van der Waals surface area contributed by atoms with E-state index in [0.29, 0.717) is 0 Å². The van der Waals surface area contributed by atoms with Gasteiger partial charge in [0.05, 0.1) is 11.6 Å². The van der Waals surface area contributed by atoms with Gasteiger partial charge in [-0.1, -0.05) is 43.7 Å². The third-order valence-electron chi connectivity index (χ3n) is 5.75. The molecule has 144 valence electrons. The molecule has 1 aromatic heterocycles. The van der Waals surface area contributed by atoms with Crippen molar-refractivity contribution in [2.75, 3.05) is 13.1 Å². The van der Waals surface area contributed by atoms with Gasteiger partial charge in [-0.05, 0) is 75.0 Å². The number of hydrogen-bond acceptors (Lipinski definition) is 4. The van der Waals surface area contributed by atoms with Gasteiger partial charge in [-0.15, -0.1) is 17.5 Å². The van der Waals surface area contributed by atoms with Crippen LogP contribution >= 0.6 is 12.4 Å². The summed E-state index contributed by atoms with van der Waals surface area (Å²) in [5.41, 5.74) is 2.47. The molecule has 1 fully saturated rings. The molecular formula is C20H32ClN5. The first-order chi connectivity index (χ1) is 11.9. The van der Waals surface area contributed by atoms with Crippen LogP contribution in [0.2, 0.25) is 0 Å². The zero-order valence-corrected chi connectivity index (χ0v) is 17.5. The number of likely N-dealkylation sites (tertiary alicyclic amines) is 1. The zero-order valence-electron chi connectivity index (χ0n) is 16.6. The van der Waals surface area contributed by atoms with Gasteiger partial charge in [0.25, 0.3) is 0 Å². The van der Waals surface area contributed by atoms with Crippen LogP contribution in [-0.2, 0) is 5.54 Å².